The van der Waals surface area contributed by atoms with Crippen LogP contribution in [-0.4, -0.2) is 36.3 Å². The smallest absolute Gasteiger partial charge is 0.393 e. The number of aromatic nitrogens is 2. The number of hydrogen-bond donors (Lipinski definition) is 1. The summed E-state index contributed by atoms with van der Waals surface area (Å²) in [7, 11) is 1.42. The molecule has 1 unspecified atom stereocenters. The molecule has 1 fully saturated rings. The first-order chi connectivity index (χ1) is 8.90. The van der Waals surface area contributed by atoms with Crippen LogP contribution in [0.15, 0.2) is 6.07 Å². The Balaban J connectivity index is 2.19. The molecule has 106 valence electrons. The zero-order valence-corrected chi connectivity index (χ0v) is 10.4. The SMILES string of the molecule is COc1cc(N2CCCC(C(F)(F)F)C2)nc(N)n1. The van der Waals surface area contributed by atoms with Crippen molar-refractivity contribution in [3.05, 3.63) is 6.07 Å². The minimum absolute atomic E-state index is 0.0107. The molecule has 0 aromatic carbocycles. The number of piperidine rings is 1. The maximum absolute atomic E-state index is 12.7. The highest BCUT2D eigenvalue weighted by atomic mass is 19.4. The third-order valence-electron chi connectivity index (χ3n) is 3.12. The fraction of sp³-hybridized carbons (Fsp3) is 0.636. The molecule has 0 amide bonds. The van der Waals surface area contributed by atoms with Gasteiger partial charge in [-0.05, 0) is 12.8 Å². The van der Waals surface area contributed by atoms with E-state index in [1.165, 1.54) is 13.2 Å². The number of nitrogens with two attached hydrogens (primary N) is 1. The lowest BCUT2D eigenvalue weighted by atomic mass is 9.97. The summed E-state index contributed by atoms with van der Waals surface area (Å²) in [5.74, 6) is -0.721. The van der Waals surface area contributed by atoms with E-state index in [1.54, 1.807) is 4.90 Å². The van der Waals surface area contributed by atoms with Gasteiger partial charge in [-0.25, -0.2) is 0 Å². The summed E-state index contributed by atoms with van der Waals surface area (Å²) in [5.41, 5.74) is 5.51. The molecule has 2 N–H and O–H groups in total. The van der Waals surface area contributed by atoms with E-state index in [0.717, 1.165) is 0 Å². The molecule has 0 radical (unpaired) electrons. The maximum atomic E-state index is 12.7. The summed E-state index contributed by atoms with van der Waals surface area (Å²) in [6.07, 6.45) is -3.56. The molecule has 5 nitrogen and oxygen atoms in total. The van der Waals surface area contributed by atoms with Crippen molar-refractivity contribution in [2.45, 2.75) is 19.0 Å². The number of ether oxygens (including phenoxy) is 1. The fourth-order valence-corrected chi connectivity index (χ4v) is 2.15. The number of halogens is 3. The number of hydrogen-bond acceptors (Lipinski definition) is 5. The van der Waals surface area contributed by atoms with Gasteiger partial charge in [0.25, 0.3) is 0 Å². The lowest BCUT2D eigenvalue weighted by Gasteiger charge is -2.34. The largest absolute Gasteiger partial charge is 0.481 e. The van der Waals surface area contributed by atoms with Crippen molar-refractivity contribution in [2.75, 3.05) is 30.8 Å². The van der Waals surface area contributed by atoms with Gasteiger partial charge < -0.3 is 15.4 Å². The van der Waals surface area contributed by atoms with E-state index < -0.39 is 12.1 Å². The van der Waals surface area contributed by atoms with Gasteiger partial charge in [-0.3, -0.25) is 0 Å². The number of nitrogen functional groups attached to an aromatic ring is 1. The molecular weight excluding hydrogens is 261 g/mol. The predicted molar refractivity (Wildman–Crippen MR) is 64.0 cm³/mol. The van der Waals surface area contributed by atoms with E-state index in [1.807, 2.05) is 0 Å². The van der Waals surface area contributed by atoms with E-state index in [2.05, 4.69) is 9.97 Å². The van der Waals surface area contributed by atoms with Crippen molar-refractivity contribution in [3.8, 4) is 5.88 Å². The Morgan fingerprint density at radius 3 is 2.79 bits per heavy atom. The molecule has 19 heavy (non-hydrogen) atoms. The molecule has 0 saturated carbocycles. The summed E-state index contributed by atoms with van der Waals surface area (Å²) in [4.78, 5) is 9.35. The maximum Gasteiger partial charge on any atom is 0.393 e. The van der Waals surface area contributed by atoms with Gasteiger partial charge in [0.1, 0.15) is 5.82 Å². The van der Waals surface area contributed by atoms with Crippen LogP contribution in [0.2, 0.25) is 0 Å². The van der Waals surface area contributed by atoms with Gasteiger partial charge in [-0.1, -0.05) is 0 Å². The predicted octanol–water partition coefficient (Wildman–Crippen LogP) is 1.85. The first-order valence-electron chi connectivity index (χ1n) is 5.90. The second-order valence-corrected chi connectivity index (χ2v) is 4.45. The second kappa shape index (κ2) is 5.10. The van der Waals surface area contributed by atoms with Gasteiger partial charge in [-0.2, -0.15) is 23.1 Å². The topological polar surface area (TPSA) is 64.3 Å². The molecule has 0 aliphatic carbocycles. The molecule has 2 heterocycles. The Hall–Kier alpha value is -1.73. The molecule has 0 bridgehead atoms. The van der Waals surface area contributed by atoms with E-state index in [4.69, 9.17) is 10.5 Å². The number of methoxy groups -OCH3 is 1. The molecule has 0 spiro atoms. The van der Waals surface area contributed by atoms with E-state index in [9.17, 15) is 13.2 Å². The third kappa shape index (κ3) is 3.18. The monoisotopic (exact) mass is 276 g/mol. The summed E-state index contributed by atoms with van der Waals surface area (Å²) in [6.45, 7) is 0.412. The van der Waals surface area contributed by atoms with Crippen LogP contribution in [0.3, 0.4) is 0 Å². The van der Waals surface area contributed by atoms with Crippen molar-refractivity contribution < 1.29 is 17.9 Å². The minimum Gasteiger partial charge on any atom is -0.481 e. The van der Waals surface area contributed by atoms with Crippen molar-refractivity contribution in [1.29, 1.82) is 0 Å². The highest BCUT2D eigenvalue weighted by molar-refractivity contribution is 5.45. The lowest BCUT2D eigenvalue weighted by molar-refractivity contribution is -0.176. The van der Waals surface area contributed by atoms with Crippen LogP contribution in [0.1, 0.15) is 12.8 Å². The molecule has 1 aromatic heterocycles. The molecule has 1 aliphatic rings. The second-order valence-electron chi connectivity index (χ2n) is 4.45. The summed E-state index contributed by atoms with van der Waals surface area (Å²) >= 11 is 0. The Labute approximate surface area is 108 Å². The molecule has 1 aliphatic heterocycles. The van der Waals surface area contributed by atoms with Crippen molar-refractivity contribution >= 4 is 11.8 Å². The van der Waals surface area contributed by atoms with E-state index in [-0.39, 0.29) is 24.8 Å². The molecule has 1 aromatic rings. The van der Waals surface area contributed by atoms with E-state index >= 15 is 0 Å². The number of alkyl halides is 3. The van der Waals surface area contributed by atoms with Crippen LogP contribution in [-0.2, 0) is 0 Å². The zero-order chi connectivity index (χ0) is 14.0. The van der Waals surface area contributed by atoms with Crippen LogP contribution in [0.25, 0.3) is 0 Å². The average molecular weight is 276 g/mol. The molecule has 8 heteroatoms. The van der Waals surface area contributed by atoms with Gasteiger partial charge >= 0.3 is 6.18 Å². The normalized spacial score (nSPS) is 20.4. The summed E-state index contributed by atoms with van der Waals surface area (Å²) in [6, 6.07) is 1.50. The van der Waals surface area contributed by atoms with Gasteiger partial charge in [0.15, 0.2) is 0 Å². The molecule has 2 rings (SSSR count). The first kappa shape index (κ1) is 13.7. The van der Waals surface area contributed by atoms with Crippen LogP contribution in [0.5, 0.6) is 5.88 Å². The van der Waals surface area contributed by atoms with E-state index in [0.29, 0.717) is 18.8 Å². The van der Waals surface area contributed by atoms with Crippen molar-refractivity contribution in [2.24, 2.45) is 5.92 Å². The van der Waals surface area contributed by atoms with Crippen molar-refractivity contribution in [3.63, 3.8) is 0 Å². The lowest BCUT2D eigenvalue weighted by Crippen LogP contribution is -2.42. The number of nitrogens with zero attached hydrogens (tertiary/aromatic N) is 3. The molecule has 1 atom stereocenters. The van der Waals surface area contributed by atoms with Crippen LogP contribution in [0, 0.1) is 5.92 Å². The van der Waals surface area contributed by atoms with Crippen LogP contribution in [0.4, 0.5) is 24.9 Å². The van der Waals surface area contributed by atoms with Gasteiger partial charge in [0.05, 0.1) is 13.0 Å². The Morgan fingerprint density at radius 2 is 2.16 bits per heavy atom. The first-order valence-corrected chi connectivity index (χ1v) is 5.90. The fourth-order valence-electron chi connectivity index (χ4n) is 2.15. The average Bonchev–Trinajstić information content (AvgIpc) is 2.37. The van der Waals surface area contributed by atoms with Crippen LogP contribution < -0.4 is 15.4 Å². The number of anilines is 2. The highest BCUT2D eigenvalue weighted by Crippen LogP contribution is 2.34. The Kier molecular flexibility index (Phi) is 3.68. The quantitative estimate of drug-likeness (QED) is 0.893. The zero-order valence-electron chi connectivity index (χ0n) is 10.4. The van der Waals surface area contributed by atoms with Crippen molar-refractivity contribution in [1.82, 2.24) is 9.97 Å². The highest BCUT2D eigenvalue weighted by Gasteiger charge is 2.42. The van der Waals surface area contributed by atoms with Gasteiger partial charge in [0.2, 0.25) is 11.8 Å². The summed E-state index contributed by atoms with van der Waals surface area (Å²) < 4.78 is 43.2. The van der Waals surface area contributed by atoms with Gasteiger partial charge in [-0.15, -0.1) is 0 Å². The number of rotatable bonds is 2. The van der Waals surface area contributed by atoms with Crippen LogP contribution >= 0.6 is 0 Å². The third-order valence-corrected chi connectivity index (χ3v) is 3.12. The van der Waals surface area contributed by atoms with Gasteiger partial charge in [0, 0.05) is 19.2 Å². The molecule has 1 saturated heterocycles. The minimum atomic E-state index is -4.18. The summed E-state index contributed by atoms with van der Waals surface area (Å²) in [5, 5.41) is 0. The standard InChI is InChI=1S/C11H15F3N4O/c1-19-9-5-8(16-10(15)17-9)18-4-2-3-7(6-18)11(12,13)14/h5,7H,2-4,6H2,1H3,(H2,15,16,17). The Morgan fingerprint density at radius 1 is 1.42 bits per heavy atom. The Bertz CT molecular complexity index is 452. The molecular formula is C11H15F3N4O.